The monoisotopic (exact) mass is 374 g/mol. The second kappa shape index (κ2) is 4.09. The lowest BCUT2D eigenvalue weighted by Crippen LogP contribution is -1.80. The third-order valence-corrected chi connectivity index (χ3v) is 4.62. The second-order valence-corrected chi connectivity index (χ2v) is 5.93. The van der Waals surface area contributed by atoms with Crippen LogP contribution in [0.3, 0.4) is 0 Å². The standard InChI is InChI=1S/C16H8Br2O/c17-15-13-11-7-3-1-5-9(11)10-6-2-4-8-12(10)14(13)16(18)19-15/h1-8H. The maximum Gasteiger partial charge on any atom is 0.179 e. The van der Waals surface area contributed by atoms with Crippen molar-refractivity contribution < 1.29 is 4.42 Å². The fraction of sp³-hybridized carbons (Fsp3) is 0. The molecule has 4 aromatic rings. The molecule has 0 aliphatic carbocycles. The molecular formula is C16H8Br2O. The highest BCUT2D eigenvalue weighted by Crippen LogP contribution is 2.43. The summed E-state index contributed by atoms with van der Waals surface area (Å²) in [5, 5.41) is 7.16. The van der Waals surface area contributed by atoms with Crippen LogP contribution in [0.5, 0.6) is 0 Å². The topological polar surface area (TPSA) is 13.1 Å². The summed E-state index contributed by atoms with van der Waals surface area (Å²) in [6, 6.07) is 16.9. The molecule has 0 radical (unpaired) electrons. The van der Waals surface area contributed by atoms with Crippen LogP contribution in [-0.4, -0.2) is 0 Å². The van der Waals surface area contributed by atoms with Gasteiger partial charge in [0.1, 0.15) is 0 Å². The van der Waals surface area contributed by atoms with E-state index in [2.05, 4.69) is 80.4 Å². The van der Waals surface area contributed by atoms with Gasteiger partial charge in [-0.15, -0.1) is 0 Å². The molecule has 1 aromatic heterocycles. The molecule has 0 spiro atoms. The van der Waals surface area contributed by atoms with Gasteiger partial charge in [-0.1, -0.05) is 48.5 Å². The Morgan fingerprint density at radius 2 is 0.947 bits per heavy atom. The van der Waals surface area contributed by atoms with Gasteiger partial charge in [-0.25, -0.2) is 0 Å². The molecule has 1 nitrogen and oxygen atoms in total. The van der Waals surface area contributed by atoms with Gasteiger partial charge >= 0.3 is 0 Å². The number of fused-ring (bicyclic) bond motifs is 6. The Hall–Kier alpha value is -1.32. The van der Waals surface area contributed by atoms with Crippen molar-refractivity contribution in [2.75, 3.05) is 0 Å². The van der Waals surface area contributed by atoms with Gasteiger partial charge in [-0.05, 0) is 53.4 Å². The van der Waals surface area contributed by atoms with Gasteiger partial charge in [0.2, 0.25) is 0 Å². The highest BCUT2D eigenvalue weighted by Gasteiger charge is 2.16. The van der Waals surface area contributed by atoms with Crippen molar-refractivity contribution in [3.8, 4) is 0 Å². The smallest absolute Gasteiger partial charge is 0.179 e. The number of rotatable bonds is 0. The van der Waals surface area contributed by atoms with Crippen LogP contribution in [0.1, 0.15) is 0 Å². The normalized spacial score (nSPS) is 11.7. The molecule has 4 rings (SSSR count). The summed E-state index contributed by atoms with van der Waals surface area (Å²) in [5.41, 5.74) is 0. The van der Waals surface area contributed by atoms with Gasteiger partial charge < -0.3 is 4.42 Å². The summed E-state index contributed by atoms with van der Waals surface area (Å²) in [6.07, 6.45) is 0. The van der Waals surface area contributed by atoms with E-state index >= 15 is 0 Å². The Kier molecular flexibility index (Phi) is 2.47. The van der Waals surface area contributed by atoms with Gasteiger partial charge in [0, 0.05) is 10.8 Å². The van der Waals surface area contributed by atoms with E-state index in [-0.39, 0.29) is 0 Å². The lowest BCUT2D eigenvalue weighted by atomic mass is 9.97. The van der Waals surface area contributed by atoms with Crippen LogP contribution in [0.25, 0.3) is 32.3 Å². The quantitative estimate of drug-likeness (QED) is 0.330. The van der Waals surface area contributed by atoms with Crippen LogP contribution in [0.2, 0.25) is 0 Å². The molecule has 1 heterocycles. The summed E-state index contributed by atoms with van der Waals surface area (Å²) in [5.74, 6) is 0. The van der Waals surface area contributed by atoms with Gasteiger partial charge in [0.05, 0.1) is 0 Å². The minimum absolute atomic E-state index is 0.774. The average molecular weight is 376 g/mol. The molecule has 0 N–H and O–H groups in total. The first-order chi connectivity index (χ1) is 9.27. The number of hydrogen-bond donors (Lipinski definition) is 0. The maximum atomic E-state index is 5.71. The van der Waals surface area contributed by atoms with Crippen molar-refractivity contribution in [3.05, 3.63) is 57.9 Å². The molecule has 0 amide bonds. The zero-order valence-corrected chi connectivity index (χ0v) is 13.0. The fourth-order valence-electron chi connectivity index (χ4n) is 2.73. The number of furan rings is 1. The van der Waals surface area contributed by atoms with Crippen molar-refractivity contribution in [1.82, 2.24) is 0 Å². The Labute approximate surface area is 126 Å². The highest BCUT2D eigenvalue weighted by molar-refractivity contribution is 9.11. The Morgan fingerprint density at radius 3 is 1.37 bits per heavy atom. The molecule has 19 heavy (non-hydrogen) atoms. The molecule has 92 valence electrons. The van der Waals surface area contributed by atoms with Crippen molar-refractivity contribution in [2.45, 2.75) is 0 Å². The van der Waals surface area contributed by atoms with Gasteiger partial charge in [-0.3, -0.25) is 0 Å². The zero-order chi connectivity index (χ0) is 13.0. The van der Waals surface area contributed by atoms with E-state index in [1.54, 1.807) is 0 Å². The SMILES string of the molecule is Brc1oc(Br)c2c3ccccc3c3ccccc3c12. The molecule has 3 aromatic carbocycles. The maximum absolute atomic E-state index is 5.71. The lowest BCUT2D eigenvalue weighted by molar-refractivity contribution is 0.522. The van der Waals surface area contributed by atoms with Gasteiger partial charge in [0.25, 0.3) is 0 Å². The van der Waals surface area contributed by atoms with Crippen molar-refractivity contribution in [3.63, 3.8) is 0 Å². The van der Waals surface area contributed by atoms with E-state index in [9.17, 15) is 0 Å². The highest BCUT2D eigenvalue weighted by atomic mass is 79.9. The van der Waals surface area contributed by atoms with E-state index in [4.69, 9.17) is 4.42 Å². The first-order valence-electron chi connectivity index (χ1n) is 5.94. The predicted octanol–water partition coefficient (Wildman–Crippen LogP) is 6.26. The Bertz CT molecular complexity index is 862. The Morgan fingerprint density at radius 1 is 0.579 bits per heavy atom. The van der Waals surface area contributed by atoms with Crippen LogP contribution in [0.15, 0.2) is 62.3 Å². The van der Waals surface area contributed by atoms with Crippen molar-refractivity contribution in [2.24, 2.45) is 0 Å². The molecule has 0 saturated carbocycles. The summed E-state index contributed by atoms with van der Waals surface area (Å²) in [6.45, 7) is 0. The summed E-state index contributed by atoms with van der Waals surface area (Å²) in [7, 11) is 0. The second-order valence-electron chi connectivity index (χ2n) is 4.49. The van der Waals surface area contributed by atoms with E-state index in [1.807, 2.05) is 0 Å². The van der Waals surface area contributed by atoms with E-state index in [0.717, 1.165) is 20.1 Å². The fourth-order valence-corrected chi connectivity index (χ4v) is 4.09. The zero-order valence-electron chi connectivity index (χ0n) is 9.78. The molecule has 3 heteroatoms. The van der Waals surface area contributed by atoms with Crippen LogP contribution in [0.4, 0.5) is 0 Å². The summed E-state index contributed by atoms with van der Waals surface area (Å²) in [4.78, 5) is 0. The van der Waals surface area contributed by atoms with E-state index in [0.29, 0.717) is 0 Å². The molecule has 0 fully saturated rings. The summed E-state index contributed by atoms with van der Waals surface area (Å²) < 4.78 is 7.26. The lowest BCUT2D eigenvalue weighted by Gasteiger charge is -2.06. The number of benzene rings is 3. The molecule has 0 saturated heterocycles. The third kappa shape index (κ3) is 1.52. The van der Waals surface area contributed by atoms with Crippen LogP contribution in [-0.2, 0) is 0 Å². The summed E-state index contributed by atoms with van der Waals surface area (Å²) >= 11 is 7.06. The number of hydrogen-bond acceptors (Lipinski definition) is 1. The van der Waals surface area contributed by atoms with Gasteiger partial charge in [0.15, 0.2) is 9.34 Å². The average Bonchev–Trinajstić information content (AvgIpc) is 2.75. The minimum atomic E-state index is 0.774. The first-order valence-corrected chi connectivity index (χ1v) is 7.53. The van der Waals surface area contributed by atoms with E-state index < -0.39 is 0 Å². The van der Waals surface area contributed by atoms with Gasteiger partial charge in [-0.2, -0.15) is 0 Å². The minimum Gasteiger partial charge on any atom is -0.441 e. The van der Waals surface area contributed by atoms with Crippen molar-refractivity contribution in [1.29, 1.82) is 0 Å². The largest absolute Gasteiger partial charge is 0.441 e. The Balaban J connectivity index is 2.49. The van der Waals surface area contributed by atoms with E-state index in [1.165, 1.54) is 21.5 Å². The van der Waals surface area contributed by atoms with Crippen LogP contribution < -0.4 is 0 Å². The molecule has 0 atom stereocenters. The molecule has 0 bridgehead atoms. The predicted molar refractivity (Wildman–Crippen MR) is 86.6 cm³/mol. The van der Waals surface area contributed by atoms with Crippen molar-refractivity contribution >= 4 is 64.2 Å². The van der Waals surface area contributed by atoms with Crippen LogP contribution >= 0.6 is 31.9 Å². The van der Waals surface area contributed by atoms with Crippen LogP contribution in [0, 0.1) is 0 Å². The molecular weight excluding hydrogens is 368 g/mol. The number of halogens is 2. The molecule has 0 unspecified atom stereocenters. The first kappa shape index (κ1) is 11.5. The molecule has 0 aliphatic heterocycles. The third-order valence-electron chi connectivity index (χ3n) is 3.51. The molecule has 0 aliphatic rings.